The molecule has 0 radical (unpaired) electrons. The highest BCUT2D eigenvalue weighted by atomic mass is 35.5. The Labute approximate surface area is 137 Å². The Bertz CT molecular complexity index is 697. The van der Waals surface area contributed by atoms with Crippen LogP contribution in [-0.2, 0) is 11.2 Å². The summed E-state index contributed by atoms with van der Waals surface area (Å²) in [6.07, 6.45) is 0.922. The van der Waals surface area contributed by atoms with Crippen molar-refractivity contribution in [1.82, 2.24) is 0 Å². The van der Waals surface area contributed by atoms with E-state index in [1.807, 2.05) is 19.9 Å². The van der Waals surface area contributed by atoms with Crippen molar-refractivity contribution < 1.29 is 4.79 Å². The fourth-order valence-electron chi connectivity index (χ4n) is 2.75. The van der Waals surface area contributed by atoms with Gasteiger partial charge in [-0.25, -0.2) is 0 Å². The molecule has 0 saturated heterocycles. The van der Waals surface area contributed by atoms with E-state index in [1.165, 1.54) is 22.3 Å². The van der Waals surface area contributed by atoms with E-state index in [1.54, 1.807) is 0 Å². The average molecular weight is 317 g/mol. The molecular weight excluding hydrogens is 296 g/mol. The summed E-state index contributed by atoms with van der Waals surface area (Å²) < 4.78 is 0. The Balaban J connectivity index is 0.00000176. The van der Waals surface area contributed by atoms with Gasteiger partial charge in [0.25, 0.3) is 0 Å². The third-order valence-electron chi connectivity index (χ3n) is 4.08. The second kappa shape index (κ2) is 6.51. The summed E-state index contributed by atoms with van der Waals surface area (Å²) in [5.41, 5.74) is 11.9. The topological polar surface area (TPSA) is 55.1 Å². The van der Waals surface area contributed by atoms with E-state index in [-0.39, 0.29) is 24.2 Å². The van der Waals surface area contributed by atoms with Crippen LogP contribution in [0.25, 0.3) is 11.1 Å². The Morgan fingerprint density at radius 1 is 1.09 bits per heavy atom. The van der Waals surface area contributed by atoms with Gasteiger partial charge in [0.15, 0.2) is 0 Å². The largest absolute Gasteiger partial charge is 0.325 e. The molecule has 22 heavy (non-hydrogen) atoms. The van der Waals surface area contributed by atoms with Gasteiger partial charge in [0, 0.05) is 5.69 Å². The SMILES string of the molecule is CC(C)[C@@H](N)C(=O)Nc1ccc2c(c1)Cc1ccccc1-2.Cl. The molecular formula is C18H21ClN2O. The first-order valence-corrected chi connectivity index (χ1v) is 7.34. The number of carbonyl (C=O) groups excluding carboxylic acids is 1. The van der Waals surface area contributed by atoms with Crippen LogP contribution in [0.2, 0.25) is 0 Å². The minimum atomic E-state index is -0.476. The summed E-state index contributed by atoms with van der Waals surface area (Å²) in [7, 11) is 0. The first-order chi connectivity index (χ1) is 10.1. The normalized spacial score (nSPS) is 13.1. The molecule has 0 fully saturated rings. The van der Waals surface area contributed by atoms with E-state index in [0.29, 0.717) is 0 Å². The van der Waals surface area contributed by atoms with Gasteiger partial charge >= 0.3 is 0 Å². The Kier molecular flexibility index (Phi) is 4.89. The number of halogens is 1. The second-order valence-corrected chi connectivity index (χ2v) is 5.96. The molecule has 0 saturated carbocycles. The van der Waals surface area contributed by atoms with E-state index in [4.69, 9.17) is 5.73 Å². The van der Waals surface area contributed by atoms with Gasteiger partial charge in [0.1, 0.15) is 0 Å². The number of rotatable bonds is 3. The maximum Gasteiger partial charge on any atom is 0.241 e. The maximum atomic E-state index is 12.0. The van der Waals surface area contributed by atoms with Crippen LogP contribution in [0.1, 0.15) is 25.0 Å². The number of hydrogen-bond acceptors (Lipinski definition) is 2. The number of carbonyl (C=O) groups is 1. The van der Waals surface area contributed by atoms with E-state index in [2.05, 4.69) is 41.7 Å². The molecule has 1 aliphatic carbocycles. The zero-order chi connectivity index (χ0) is 15.0. The van der Waals surface area contributed by atoms with Crippen LogP contribution in [0, 0.1) is 5.92 Å². The van der Waals surface area contributed by atoms with Crippen LogP contribution in [0.3, 0.4) is 0 Å². The van der Waals surface area contributed by atoms with Crippen molar-refractivity contribution in [3.63, 3.8) is 0 Å². The van der Waals surface area contributed by atoms with Gasteiger partial charge in [0.05, 0.1) is 6.04 Å². The zero-order valence-corrected chi connectivity index (χ0v) is 13.6. The molecule has 3 rings (SSSR count). The number of hydrogen-bond donors (Lipinski definition) is 2. The first kappa shape index (κ1) is 16.5. The maximum absolute atomic E-state index is 12.0. The lowest BCUT2D eigenvalue weighted by Gasteiger charge is -2.15. The van der Waals surface area contributed by atoms with Crippen molar-refractivity contribution in [3.05, 3.63) is 53.6 Å². The van der Waals surface area contributed by atoms with Gasteiger partial charge in [-0.3, -0.25) is 4.79 Å². The predicted octanol–water partition coefficient (Wildman–Crippen LogP) is 3.60. The molecule has 0 aliphatic heterocycles. The second-order valence-electron chi connectivity index (χ2n) is 5.96. The van der Waals surface area contributed by atoms with Crippen LogP contribution in [0.4, 0.5) is 5.69 Å². The lowest BCUT2D eigenvalue weighted by Crippen LogP contribution is -2.39. The number of anilines is 1. The van der Waals surface area contributed by atoms with Crippen molar-refractivity contribution in [1.29, 1.82) is 0 Å². The summed E-state index contributed by atoms with van der Waals surface area (Å²) in [6.45, 7) is 3.90. The van der Waals surface area contributed by atoms with E-state index >= 15 is 0 Å². The summed E-state index contributed by atoms with van der Waals surface area (Å²) in [5.74, 6) is 0.00384. The highest BCUT2D eigenvalue weighted by molar-refractivity contribution is 5.95. The lowest BCUT2D eigenvalue weighted by atomic mass is 10.0. The van der Waals surface area contributed by atoms with Crippen LogP contribution < -0.4 is 11.1 Å². The molecule has 1 atom stereocenters. The zero-order valence-electron chi connectivity index (χ0n) is 12.8. The number of nitrogens with one attached hydrogen (secondary N) is 1. The minimum Gasteiger partial charge on any atom is -0.325 e. The van der Waals surface area contributed by atoms with Crippen LogP contribution in [0.15, 0.2) is 42.5 Å². The van der Waals surface area contributed by atoms with Crippen molar-refractivity contribution in [2.75, 3.05) is 5.32 Å². The first-order valence-electron chi connectivity index (χ1n) is 7.34. The monoisotopic (exact) mass is 316 g/mol. The molecule has 0 aromatic heterocycles. The van der Waals surface area contributed by atoms with Crippen molar-refractivity contribution in [3.8, 4) is 11.1 Å². The molecule has 116 valence electrons. The van der Waals surface area contributed by atoms with Crippen LogP contribution >= 0.6 is 12.4 Å². The Morgan fingerprint density at radius 3 is 2.50 bits per heavy atom. The van der Waals surface area contributed by atoms with E-state index in [9.17, 15) is 4.79 Å². The molecule has 2 aromatic carbocycles. The summed E-state index contributed by atoms with van der Waals surface area (Å²) in [4.78, 5) is 12.0. The van der Waals surface area contributed by atoms with Crippen molar-refractivity contribution in [2.24, 2.45) is 11.7 Å². The van der Waals surface area contributed by atoms with Gasteiger partial charge in [0.2, 0.25) is 5.91 Å². The molecule has 0 bridgehead atoms. The average Bonchev–Trinajstić information content (AvgIpc) is 2.83. The molecule has 0 heterocycles. The van der Waals surface area contributed by atoms with Crippen LogP contribution in [0.5, 0.6) is 0 Å². The van der Waals surface area contributed by atoms with Gasteiger partial charge in [-0.15, -0.1) is 12.4 Å². The molecule has 4 heteroatoms. The quantitative estimate of drug-likeness (QED) is 0.775. The number of amides is 1. The van der Waals surface area contributed by atoms with Gasteiger partial charge in [-0.2, -0.15) is 0 Å². The lowest BCUT2D eigenvalue weighted by molar-refractivity contribution is -0.118. The van der Waals surface area contributed by atoms with Gasteiger partial charge in [-0.1, -0.05) is 44.2 Å². The molecule has 1 aliphatic rings. The third-order valence-corrected chi connectivity index (χ3v) is 4.08. The standard InChI is InChI=1S/C18H20N2O.ClH/c1-11(2)17(19)18(21)20-14-7-8-16-13(10-14)9-12-5-3-4-6-15(12)16;/h3-8,10-11,17H,9,19H2,1-2H3,(H,20,21);1H/t17-;/m1./s1. The van der Waals surface area contributed by atoms with E-state index in [0.717, 1.165) is 12.1 Å². The number of benzene rings is 2. The third kappa shape index (κ3) is 3.01. The van der Waals surface area contributed by atoms with E-state index < -0.39 is 6.04 Å². The highest BCUT2D eigenvalue weighted by Crippen LogP contribution is 2.37. The fourth-order valence-corrected chi connectivity index (χ4v) is 2.75. The van der Waals surface area contributed by atoms with Gasteiger partial charge < -0.3 is 11.1 Å². The molecule has 0 spiro atoms. The fraction of sp³-hybridized carbons (Fsp3) is 0.278. The van der Waals surface area contributed by atoms with Crippen LogP contribution in [-0.4, -0.2) is 11.9 Å². The number of nitrogens with two attached hydrogens (primary N) is 1. The summed E-state index contributed by atoms with van der Waals surface area (Å²) in [6, 6.07) is 14.0. The number of fused-ring (bicyclic) bond motifs is 3. The van der Waals surface area contributed by atoms with Gasteiger partial charge in [-0.05, 0) is 46.7 Å². The smallest absolute Gasteiger partial charge is 0.241 e. The Hall–Kier alpha value is -1.84. The minimum absolute atomic E-state index is 0. The molecule has 1 amide bonds. The molecule has 0 unspecified atom stereocenters. The van der Waals surface area contributed by atoms with Crippen molar-refractivity contribution >= 4 is 24.0 Å². The van der Waals surface area contributed by atoms with Crippen molar-refractivity contribution in [2.45, 2.75) is 26.3 Å². The Morgan fingerprint density at radius 2 is 1.77 bits per heavy atom. The summed E-state index contributed by atoms with van der Waals surface area (Å²) >= 11 is 0. The molecule has 2 aromatic rings. The molecule has 3 N–H and O–H groups in total. The molecule has 3 nitrogen and oxygen atoms in total. The predicted molar refractivity (Wildman–Crippen MR) is 93.4 cm³/mol. The highest BCUT2D eigenvalue weighted by Gasteiger charge is 2.20. The summed E-state index contributed by atoms with van der Waals surface area (Å²) in [5, 5.41) is 2.92.